The SMILES string of the molecule is Cc1ccc(N2CCN(CC(F)(F)F)CC2)c(CCl)c1. The van der Waals surface area contributed by atoms with E-state index in [4.69, 9.17) is 11.6 Å². The maximum atomic E-state index is 12.4. The van der Waals surface area contributed by atoms with Crippen molar-refractivity contribution < 1.29 is 13.2 Å². The molecule has 6 heteroatoms. The summed E-state index contributed by atoms with van der Waals surface area (Å²) in [6, 6.07) is 6.05. The Bertz CT molecular complexity index is 454. The summed E-state index contributed by atoms with van der Waals surface area (Å²) in [7, 11) is 0. The summed E-state index contributed by atoms with van der Waals surface area (Å²) in [5.41, 5.74) is 3.22. The highest BCUT2D eigenvalue weighted by atomic mass is 35.5. The first-order valence-corrected chi connectivity index (χ1v) is 7.12. The van der Waals surface area contributed by atoms with Crippen molar-refractivity contribution in [2.75, 3.05) is 37.6 Å². The number of aryl methyl sites for hydroxylation is 1. The monoisotopic (exact) mass is 306 g/mol. The van der Waals surface area contributed by atoms with Crippen LogP contribution in [0.2, 0.25) is 0 Å². The molecule has 20 heavy (non-hydrogen) atoms. The lowest BCUT2D eigenvalue weighted by molar-refractivity contribution is -0.146. The smallest absolute Gasteiger partial charge is 0.369 e. The fourth-order valence-corrected chi connectivity index (χ4v) is 2.74. The minimum absolute atomic E-state index is 0.416. The van der Waals surface area contributed by atoms with E-state index < -0.39 is 12.7 Å². The number of benzene rings is 1. The van der Waals surface area contributed by atoms with Gasteiger partial charge in [-0.05, 0) is 18.6 Å². The normalized spacial score (nSPS) is 17.6. The molecule has 0 radical (unpaired) electrons. The molecule has 0 aromatic heterocycles. The summed E-state index contributed by atoms with van der Waals surface area (Å²) in [6.45, 7) is 3.23. The number of halogens is 4. The largest absolute Gasteiger partial charge is 0.401 e. The Morgan fingerprint density at radius 1 is 1.15 bits per heavy atom. The molecule has 0 unspecified atom stereocenters. The highest BCUT2D eigenvalue weighted by Gasteiger charge is 2.32. The van der Waals surface area contributed by atoms with Crippen LogP contribution in [0.4, 0.5) is 18.9 Å². The van der Waals surface area contributed by atoms with Crippen molar-refractivity contribution >= 4 is 17.3 Å². The zero-order chi connectivity index (χ0) is 14.8. The van der Waals surface area contributed by atoms with Crippen molar-refractivity contribution in [2.45, 2.75) is 19.0 Å². The van der Waals surface area contributed by atoms with E-state index in [2.05, 4.69) is 4.90 Å². The van der Waals surface area contributed by atoms with Crippen LogP contribution in [0, 0.1) is 6.92 Å². The molecule has 1 aliphatic heterocycles. The zero-order valence-corrected chi connectivity index (χ0v) is 12.1. The fourth-order valence-electron chi connectivity index (χ4n) is 2.53. The predicted octanol–water partition coefficient (Wildman–Crippen LogP) is 3.42. The van der Waals surface area contributed by atoms with Crippen LogP contribution in [0.1, 0.15) is 11.1 Å². The minimum atomic E-state index is -4.12. The molecule has 0 amide bonds. The van der Waals surface area contributed by atoms with Gasteiger partial charge in [-0.1, -0.05) is 17.7 Å². The van der Waals surface area contributed by atoms with Crippen molar-refractivity contribution in [3.8, 4) is 0 Å². The van der Waals surface area contributed by atoms with Gasteiger partial charge in [0, 0.05) is 37.7 Å². The minimum Gasteiger partial charge on any atom is -0.369 e. The molecule has 1 fully saturated rings. The molecule has 1 aromatic carbocycles. The highest BCUT2D eigenvalue weighted by Crippen LogP contribution is 2.25. The topological polar surface area (TPSA) is 6.48 Å². The van der Waals surface area contributed by atoms with Gasteiger partial charge in [0.05, 0.1) is 6.54 Å². The second-order valence-corrected chi connectivity index (χ2v) is 5.41. The van der Waals surface area contributed by atoms with Crippen LogP contribution in [0.25, 0.3) is 0 Å². The first kappa shape index (κ1) is 15.4. The molecule has 1 saturated heterocycles. The van der Waals surface area contributed by atoms with Gasteiger partial charge in [-0.15, -0.1) is 11.6 Å². The molecule has 0 spiro atoms. The highest BCUT2D eigenvalue weighted by molar-refractivity contribution is 6.17. The average molecular weight is 307 g/mol. The van der Waals surface area contributed by atoms with E-state index in [9.17, 15) is 13.2 Å². The molecule has 0 aliphatic carbocycles. The van der Waals surface area contributed by atoms with Crippen molar-refractivity contribution in [1.29, 1.82) is 0 Å². The Morgan fingerprint density at radius 2 is 1.80 bits per heavy atom. The summed E-state index contributed by atoms with van der Waals surface area (Å²) in [5.74, 6) is 0.416. The first-order chi connectivity index (χ1) is 9.39. The number of hydrogen-bond acceptors (Lipinski definition) is 2. The van der Waals surface area contributed by atoms with Crippen LogP contribution in [-0.2, 0) is 5.88 Å². The Balaban J connectivity index is 2.00. The van der Waals surface area contributed by atoms with E-state index in [1.807, 2.05) is 25.1 Å². The molecule has 0 N–H and O–H groups in total. The number of nitrogens with zero attached hydrogens (tertiary/aromatic N) is 2. The first-order valence-electron chi connectivity index (χ1n) is 6.58. The van der Waals surface area contributed by atoms with Gasteiger partial charge in [0.2, 0.25) is 0 Å². The fraction of sp³-hybridized carbons (Fsp3) is 0.571. The summed E-state index contributed by atoms with van der Waals surface area (Å²) >= 11 is 5.95. The summed E-state index contributed by atoms with van der Waals surface area (Å²) in [6.07, 6.45) is -4.12. The molecule has 112 valence electrons. The maximum Gasteiger partial charge on any atom is 0.401 e. The second kappa shape index (κ2) is 6.22. The van der Waals surface area contributed by atoms with E-state index in [0.717, 1.165) is 16.8 Å². The molecular formula is C14H18ClF3N2. The van der Waals surface area contributed by atoms with Gasteiger partial charge >= 0.3 is 6.18 Å². The molecule has 2 rings (SSSR count). The molecule has 1 aliphatic rings. The average Bonchev–Trinajstić information content (AvgIpc) is 2.38. The molecule has 1 heterocycles. The number of rotatable bonds is 3. The summed E-state index contributed by atoms with van der Waals surface area (Å²) in [5, 5.41) is 0. The Hall–Kier alpha value is -0.940. The lowest BCUT2D eigenvalue weighted by atomic mass is 10.1. The third kappa shape index (κ3) is 4.03. The summed E-state index contributed by atoms with van der Waals surface area (Å²) < 4.78 is 37.1. The van der Waals surface area contributed by atoms with Gasteiger partial charge in [-0.2, -0.15) is 13.2 Å². The van der Waals surface area contributed by atoms with E-state index in [0.29, 0.717) is 32.1 Å². The lowest BCUT2D eigenvalue weighted by Crippen LogP contribution is -2.49. The van der Waals surface area contributed by atoms with Crippen LogP contribution in [0.3, 0.4) is 0 Å². The number of hydrogen-bond donors (Lipinski definition) is 0. The number of alkyl halides is 4. The van der Waals surface area contributed by atoms with E-state index in [1.165, 1.54) is 4.90 Å². The quantitative estimate of drug-likeness (QED) is 0.790. The Kier molecular flexibility index (Phi) is 4.81. The summed E-state index contributed by atoms with van der Waals surface area (Å²) in [4.78, 5) is 3.56. The molecule has 0 atom stereocenters. The van der Waals surface area contributed by atoms with Crippen molar-refractivity contribution in [3.63, 3.8) is 0 Å². The number of anilines is 1. The lowest BCUT2D eigenvalue weighted by Gasteiger charge is -2.37. The molecule has 0 saturated carbocycles. The standard InChI is InChI=1S/C14H18ClF3N2/c1-11-2-3-13(12(8-11)9-15)20-6-4-19(5-7-20)10-14(16,17)18/h2-3,8H,4-7,9-10H2,1H3. The van der Waals surface area contributed by atoms with E-state index in [1.54, 1.807) is 0 Å². The van der Waals surface area contributed by atoms with Crippen LogP contribution >= 0.6 is 11.6 Å². The van der Waals surface area contributed by atoms with Crippen molar-refractivity contribution in [2.24, 2.45) is 0 Å². The van der Waals surface area contributed by atoms with Crippen LogP contribution in [-0.4, -0.2) is 43.8 Å². The van der Waals surface area contributed by atoms with Crippen molar-refractivity contribution in [1.82, 2.24) is 4.90 Å². The molecule has 1 aromatic rings. The van der Waals surface area contributed by atoms with Gasteiger partial charge < -0.3 is 4.90 Å². The third-order valence-electron chi connectivity index (χ3n) is 3.49. The van der Waals surface area contributed by atoms with Crippen LogP contribution in [0.5, 0.6) is 0 Å². The predicted molar refractivity (Wildman–Crippen MR) is 75.4 cm³/mol. The molecule has 2 nitrogen and oxygen atoms in total. The van der Waals surface area contributed by atoms with Gasteiger partial charge in [0.25, 0.3) is 0 Å². The maximum absolute atomic E-state index is 12.4. The van der Waals surface area contributed by atoms with Gasteiger partial charge in [-0.3, -0.25) is 4.90 Å². The molecular weight excluding hydrogens is 289 g/mol. The van der Waals surface area contributed by atoms with Crippen LogP contribution in [0.15, 0.2) is 18.2 Å². The number of piperazine rings is 1. The second-order valence-electron chi connectivity index (χ2n) is 5.14. The van der Waals surface area contributed by atoms with E-state index in [-0.39, 0.29) is 0 Å². The van der Waals surface area contributed by atoms with E-state index >= 15 is 0 Å². The van der Waals surface area contributed by atoms with Crippen molar-refractivity contribution in [3.05, 3.63) is 29.3 Å². The Labute approximate surface area is 122 Å². The zero-order valence-electron chi connectivity index (χ0n) is 11.4. The van der Waals surface area contributed by atoms with Crippen LogP contribution < -0.4 is 4.90 Å². The third-order valence-corrected chi connectivity index (χ3v) is 3.78. The molecule has 0 bridgehead atoms. The Morgan fingerprint density at radius 3 is 2.35 bits per heavy atom. The van der Waals surface area contributed by atoms with Gasteiger partial charge in [-0.25, -0.2) is 0 Å². The van der Waals surface area contributed by atoms with Gasteiger partial charge in [0.15, 0.2) is 0 Å². The van der Waals surface area contributed by atoms with Gasteiger partial charge in [0.1, 0.15) is 0 Å².